The predicted octanol–water partition coefficient (Wildman–Crippen LogP) is 4.84. The minimum Gasteiger partial charge on any atom is -0.476 e. The third kappa shape index (κ3) is 6.73. The van der Waals surface area contributed by atoms with Crippen LogP contribution in [0.1, 0.15) is 42.4 Å². The molecule has 0 unspecified atom stereocenters. The van der Waals surface area contributed by atoms with Crippen LogP contribution in [0.15, 0.2) is 12.4 Å². The zero-order chi connectivity index (χ0) is 25.2. The molecule has 2 N–H and O–H groups in total. The first-order valence-electron chi connectivity index (χ1n) is 9.47. The highest BCUT2D eigenvalue weighted by molar-refractivity contribution is 5.87. The van der Waals surface area contributed by atoms with Gasteiger partial charge < -0.3 is 19.9 Å². The topological polar surface area (TPSA) is 98.5 Å². The van der Waals surface area contributed by atoms with Crippen molar-refractivity contribution in [3.63, 3.8) is 0 Å². The van der Waals surface area contributed by atoms with E-state index in [0.29, 0.717) is 0 Å². The van der Waals surface area contributed by atoms with E-state index in [1.54, 1.807) is 20.8 Å². The molecular weight excluding hydrogens is 462 g/mol. The molecule has 14 heteroatoms. The van der Waals surface area contributed by atoms with Crippen molar-refractivity contribution in [1.29, 1.82) is 0 Å². The van der Waals surface area contributed by atoms with Crippen molar-refractivity contribution >= 4 is 11.7 Å². The molecule has 2 heterocycles. The van der Waals surface area contributed by atoms with Gasteiger partial charge in [0.15, 0.2) is 11.4 Å². The summed E-state index contributed by atoms with van der Waals surface area (Å²) in [5.74, 6) is -2.35. The van der Waals surface area contributed by atoms with Gasteiger partial charge in [-0.05, 0) is 27.7 Å². The molecule has 2 rings (SSSR count). The first kappa shape index (κ1) is 26.2. The van der Waals surface area contributed by atoms with Gasteiger partial charge in [-0.1, -0.05) is 0 Å². The summed E-state index contributed by atoms with van der Waals surface area (Å²) in [4.78, 5) is 15.2. The fourth-order valence-corrected chi connectivity index (χ4v) is 2.75. The molecule has 0 aromatic carbocycles. The van der Waals surface area contributed by atoms with Crippen LogP contribution >= 0.6 is 0 Å². The average Bonchev–Trinajstić information content (AvgIpc) is 2.96. The van der Waals surface area contributed by atoms with Crippen LogP contribution in [0.4, 0.5) is 32.0 Å². The largest absolute Gasteiger partial charge is 0.476 e. The Kier molecular flexibility index (Phi) is 7.51. The predicted molar refractivity (Wildman–Crippen MR) is 104 cm³/mol. The van der Waals surface area contributed by atoms with Gasteiger partial charge in [0.25, 0.3) is 0 Å². The number of rotatable bonds is 8. The van der Waals surface area contributed by atoms with Gasteiger partial charge in [0.2, 0.25) is 5.88 Å². The van der Waals surface area contributed by atoms with Crippen molar-refractivity contribution in [1.82, 2.24) is 14.8 Å². The summed E-state index contributed by atoms with van der Waals surface area (Å²) in [5.41, 5.74) is -3.05. The number of nitrogens with one attached hydrogen (secondary N) is 1. The second-order valence-corrected chi connectivity index (χ2v) is 7.92. The summed E-state index contributed by atoms with van der Waals surface area (Å²) < 4.78 is 89.0. The number of ether oxygens (including phenoxy) is 2. The van der Waals surface area contributed by atoms with Gasteiger partial charge in [-0.15, -0.1) is 0 Å². The highest BCUT2D eigenvalue weighted by Gasteiger charge is 2.39. The van der Waals surface area contributed by atoms with Gasteiger partial charge in [0.05, 0.1) is 30.2 Å². The Morgan fingerprint density at radius 1 is 1.15 bits per heavy atom. The lowest BCUT2D eigenvalue weighted by molar-refractivity contribution is -0.172. The van der Waals surface area contributed by atoms with E-state index in [0.717, 1.165) is 17.1 Å². The number of hydrogen-bond acceptors (Lipinski definition) is 6. The molecule has 0 aliphatic heterocycles. The lowest BCUT2D eigenvalue weighted by atomic mass is 10.1. The summed E-state index contributed by atoms with van der Waals surface area (Å²) >= 11 is 0. The van der Waals surface area contributed by atoms with Gasteiger partial charge in [0, 0.05) is 12.1 Å². The normalized spacial score (nSPS) is 12.7. The number of carboxylic acid groups (broad SMARTS) is 1. The standard InChI is InChI=1S/C19H22F6N4O4/c1-10-14(16(30)31)28-29(17(2,3)4)15(10)33-12-8-26-7-11(13(12)19(23,24)25)27-5-6-32-9-18(20,21)22/h7-8,27H,5-6,9H2,1-4H3,(H,30,31). The number of alkyl halides is 6. The summed E-state index contributed by atoms with van der Waals surface area (Å²) in [6, 6.07) is 0. The average molecular weight is 484 g/mol. The smallest absolute Gasteiger partial charge is 0.422 e. The highest BCUT2D eigenvalue weighted by atomic mass is 19.4. The molecular formula is C19H22F6N4O4. The molecule has 184 valence electrons. The number of carboxylic acids is 1. The summed E-state index contributed by atoms with van der Waals surface area (Å²) in [5, 5.41) is 15.6. The minimum absolute atomic E-state index is 0.00413. The minimum atomic E-state index is -4.94. The van der Waals surface area contributed by atoms with E-state index in [4.69, 9.17) is 4.74 Å². The SMILES string of the molecule is Cc1c(C(=O)O)nn(C(C)(C)C)c1Oc1cncc(NCCOCC(F)(F)F)c1C(F)(F)F. The molecule has 0 bridgehead atoms. The van der Waals surface area contributed by atoms with Gasteiger partial charge in [-0.2, -0.15) is 31.4 Å². The van der Waals surface area contributed by atoms with E-state index in [1.807, 2.05) is 0 Å². The molecule has 33 heavy (non-hydrogen) atoms. The Morgan fingerprint density at radius 3 is 2.30 bits per heavy atom. The van der Waals surface area contributed by atoms with E-state index < -0.39 is 59.8 Å². The van der Waals surface area contributed by atoms with Crippen LogP contribution in [0, 0.1) is 6.92 Å². The molecule has 0 atom stereocenters. The van der Waals surface area contributed by atoms with Crippen molar-refractivity contribution in [3.05, 3.63) is 29.2 Å². The van der Waals surface area contributed by atoms with Crippen LogP contribution < -0.4 is 10.1 Å². The summed E-state index contributed by atoms with van der Waals surface area (Å²) in [6.45, 7) is 3.88. The third-order valence-corrected chi connectivity index (χ3v) is 4.14. The van der Waals surface area contributed by atoms with Crippen LogP contribution in [0.3, 0.4) is 0 Å². The number of hydrogen-bond donors (Lipinski definition) is 2. The molecule has 0 amide bonds. The number of anilines is 1. The van der Waals surface area contributed by atoms with Crippen molar-refractivity contribution in [2.75, 3.05) is 25.1 Å². The summed E-state index contributed by atoms with van der Waals surface area (Å²) in [6.07, 6.45) is -7.86. The zero-order valence-corrected chi connectivity index (χ0v) is 18.1. The summed E-state index contributed by atoms with van der Waals surface area (Å²) in [7, 11) is 0. The fraction of sp³-hybridized carbons (Fsp3) is 0.526. The molecule has 0 saturated heterocycles. The van der Waals surface area contributed by atoms with Gasteiger partial charge in [0.1, 0.15) is 12.2 Å². The van der Waals surface area contributed by atoms with E-state index in [-0.39, 0.29) is 18.0 Å². The molecule has 0 spiro atoms. The van der Waals surface area contributed by atoms with E-state index >= 15 is 0 Å². The molecule has 0 aliphatic carbocycles. The first-order chi connectivity index (χ1) is 15.0. The van der Waals surface area contributed by atoms with Crippen LogP contribution in [0.25, 0.3) is 0 Å². The van der Waals surface area contributed by atoms with Crippen molar-refractivity contribution in [2.45, 2.75) is 45.6 Å². The fourth-order valence-electron chi connectivity index (χ4n) is 2.75. The maximum atomic E-state index is 13.9. The number of nitrogens with zero attached hydrogens (tertiary/aromatic N) is 3. The number of aromatic carboxylic acids is 1. The van der Waals surface area contributed by atoms with Gasteiger partial charge in [-0.3, -0.25) is 4.98 Å². The maximum absolute atomic E-state index is 13.9. The first-order valence-corrected chi connectivity index (χ1v) is 9.47. The number of carbonyl (C=O) groups is 1. The molecule has 2 aromatic rings. The number of halogens is 6. The maximum Gasteiger partial charge on any atom is 0.422 e. The monoisotopic (exact) mass is 484 g/mol. The van der Waals surface area contributed by atoms with Crippen LogP contribution in [0.2, 0.25) is 0 Å². The Morgan fingerprint density at radius 2 is 1.79 bits per heavy atom. The number of aromatic nitrogens is 3. The van der Waals surface area contributed by atoms with Crippen LogP contribution in [0.5, 0.6) is 11.6 Å². The van der Waals surface area contributed by atoms with E-state index in [1.165, 1.54) is 6.92 Å². The van der Waals surface area contributed by atoms with E-state index in [9.17, 15) is 36.2 Å². The Bertz CT molecular complexity index is 996. The Labute approximate surface area is 184 Å². The zero-order valence-electron chi connectivity index (χ0n) is 18.1. The van der Waals surface area contributed by atoms with Gasteiger partial charge >= 0.3 is 18.3 Å². The van der Waals surface area contributed by atoms with Gasteiger partial charge in [-0.25, -0.2) is 9.48 Å². The van der Waals surface area contributed by atoms with Crippen molar-refractivity contribution in [2.24, 2.45) is 0 Å². The quantitative estimate of drug-likeness (QED) is 0.409. The second-order valence-electron chi connectivity index (χ2n) is 7.92. The molecule has 0 aliphatic rings. The van der Waals surface area contributed by atoms with Crippen molar-refractivity contribution < 1.29 is 45.7 Å². The van der Waals surface area contributed by atoms with Crippen LogP contribution in [-0.4, -0.2) is 51.8 Å². The molecule has 0 saturated carbocycles. The van der Waals surface area contributed by atoms with Crippen molar-refractivity contribution in [3.8, 4) is 11.6 Å². The third-order valence-electron chi connectivity index (χ3n) is 4.14. The van der Waals surface area contributed by atoms with Crippen LogP contribution in [-0.2, 0) is 16.5 Å². The lowest BCUT2D eigenvalue weighted by Gasteiger charge is -2.23. The molecule has 8 nitrogen and oxygen atoms in total. The Balaban J connectivity index is 2.41. The Hall–Kier alpha value is -3.03. The number of pyridine rings is 1. The van der Waals surface area contributed by atoms with E-state index in [2.05, 4.69) is 20.1 Å². The highest BCUT2D eigenvalue weighted by Crippen LogP contribution is 2.43. The molecule has 0 radical (unpaired) electrons. The molecule has 0 fully saturated rings. The second kappa shape index (κ2) is 9.45. The lowest BCUT2D eigenvalue weighted by Crippen LogP contribution is -2.24. The molecule has 2 aromatic heterocycles.